The van der Waals surface area contributed by atoms with Gasteiger partial charge in [-0.2, -0.15) is 0 Å². The molecule has 3 aromatic rings. The van der Waals surface area contributed by atoms with Gasteiger partial charge in [0.2, 0.25) is 0 Å². The molecule has 4 nitrogen and oxygen atoms in total. The van der Waals surface area contributed by atoms with Crippen LogP contribution in [0.2, 0.25) is 0 Å². The number of ether oxygens (including phenoxy) is 1. The Balaban J connectivity index is 1.87. The number of hydrogen-bond donors (Lipinski definition) is 0. The quantitative estimate of drug-likeness (QED) is 0.743. The van der Waals surface area contributed by atoms with Crippen LogP contribution in [0.5, 0.6) is 5.75 Å². The highest BCUT2D eigenvalue weighted by Gasteiger charge is 2.09. The van der Waals surface area contributed by atoms with Crippen LogP contribution in [-0.2, 0) is 25.4 Å². The number of halogens is 1. The average Bonchev–Trinajstić information content (AvgIpc) is 2.56. The minimum absolute atomic E-state index is 0.0377. The molecule has 0 amide bonds. The zero-order chi connectivity index (χ0) is 16.4. The van der Waals surface area contributed by atoms with Crippen LogP contribution >= 0.6 is 0 Å². The number of rotatable bonds is 4. The van der Waals surface area contributed by atoms with Gasteiger partial charge in [0.05, 0.1) is 11.1 Å². The third kappa shape index (κ3) is 2.96. The van der Waals surface area contributed by atoms with Crippen LogP contribution < -0.4 is 10.3 Å². The van der Waals surface area contributed by atoms with Crippen molar-refractivity contribution in [2.45, 2.75) is 13.2 Å². The summed E-state index contributed by atoms with van der Waals surface area (Å²) in [5.74, 6) is -0.286. The summed E-state index contributed by atoms with van der Waals surface area (Å²) in [6.07, 6.45) is 0. The molecule has 1 radical (unpaired) electrons. The Bertz CT molecular complexity index is 918. The molecule has 0 saturated carbocycles. The lowest BCUT2D eigenvalue weighted by atomic mass is 10.1. The maximum atomic E-state index is 13.6. The van der Waals surface area contributed by atoms with E-state index in [2.05, 4.69) is 0 Å². The Morgan fingerprint density at radius 1 is 1.13 bits per heavy atom. The van der Waals surface area contributed by atoms with E-state index in [0.717, 1.165) is 16.5 Å². The van der Waals surface area contributed by atoms with Gasteiger partial charge in [0, 0.05) is 13.1 Å². The van der Waals surface area contributed by atoms with E-state index in [1.54, 1.807) is 23.7 Å². The van der Waals surface area contributed by atoms with Gasteiger partial charge in [-0.25, -0.2) is 9.50 Å². The van der Waals surface area contributed by atoms with Crippen molar-refractivity contribution in [1.29, 1.82) is 0 Å². The highest BCUT2D eigenvalue weighted by atomic mass is 19.1. The second kappa shape index (κ2) is 6.22. The van der Waals surface area contributed by atoms with Crippen molar-refractivity contribution in [3.05, 3.63) is 75.8 Å². The molecule has 1 aromatic heterocycles. The Labute approximate surface area is 132 Å². The van der Waals surface area contributed by atoms with Crippen molar-refractivity contribution >= 4 is 10.9 Å². The molecule has 0 atom stereocenters. The molecule has 0 bridgehead atoms. The van der Waals surface area contributed by atoms with E-state index < -0.39 is 12.4 Å². The Kier molecular flexibility index (Phi) is 4.12. The highest BCUT2D eigenvalue weighted by molar-refractivity contribution is 5.79. The number of hydrogen-bond acceptors (Lipinski definition) is 2. The highest BCUT2D eigenvalue weighted by Crippen LogP contribution is 2.23. The van der Waals surface area contributed by atoms with E-state index in [1.165, 1.54) is 18.2 Å². The maximum absolute atomic E-state index is 13.6. The molecule has 5 heteroatoms. The van der Waals surface area contributed by atoms with Crippen molar-refractivity contribution in [2.75, 3.05) is 0 Å². The normalized spacial score (nSPS) is 10.9. The Morgan fingerprint density at radius 2 is 1.96 bits per heavy atom. The molecule has 0 unspecified atom stereocenters. The molecule has 0 N–H and O–H groups in total. The largest absolute Gasteiger partial charge is 0.488 e. The van der Waals surface area contributed by atoms with Gasteiger partial charge in [0.15, 0.2) is 0 Å². The van der Waals surface area contributed by atoms with Gasteiger partial charge in [0.25, 0.3) is 5.56 Å². The summed E-state index contributed by atoms with van der Waals surface area (Å²) in [4.78, 5) is 11.6. The smallest absolute Gasteiger partial charge is 0.250 e. The van der Waals surface area contributed by atoms with Crippen LogP contribution in [0.15, 0.2) is 53.3 Å². The molecular weight excluding hydrogens is 297 g/mol. The van der Waals surface area contributed by atoms with Crippen LogP contribution in [0, 0.1) is 5.82 Å². The molecule has 0 aliphatic carbocycles. The standard InChI is InChI=1S/C18H15FNO3/c1-20-16-7-5-12(9-13(16)6-8-18(20)22)11-23-17-4-2-3-15(19)14(17)10-21/h2-9H,10-11H2,1H3. The number of pyridine rings is 1. The van der Waals surface area contributed by atoms with Crippen LogP contribution in [-0.4, -0.2) is 4.57 Å². The lowest BCUT2D eigenvalue weighted by molar-refractivity contribution is 0.167. The van der Waals surface area contributed by atoms with Crippen LogP contribution in [0.1, 0.15) is 11.1 Å². The molecule has 117 valence electrons. The molecule has 3 rings (SSSR count). The van der Waals surface area contributed by atoms with Gasteiger partial charge in [0.1, 0.15) is 24.8 Å². The fourth-order valence-corrected chi connectivity index (χ4v) is 2.50. The first-order valence-corrected chi connectivity index (χ1v) is 7.17. The number of nitrogens with zero attached hydrogens (tertiary/aromatic N) is 1. The maximum Gasteiger partial charge on any atom is 0.250 e. The Hall–Kier alpha value is -2.66. The van der Waals surface area contributed by atoms with Gasteiger partial charge in [-0.15, -0.1) is 0 Å². The topological polar surface area (TPSA) is 51.1 Å². The van der Waals surface area contributed by atoms with Crippen LogP contribution in [0.4, 0.5) is 4.39 Å². The van der Waals surface area contributed by atoms with E-state index in [4.69, 9.17) is 4.74 Å². The fraction of sp³-hybridized carbons (Fsp3) is 0.167. The van der Waals surface area contributed by atoms with E-state index in [-0.39, 0.29) is 23.5 Å². The molecule has 0 aliphatic rings. The number of benzene rings is 2. The van der Waals surface area contributed by atoms with Crippen molar-refractivity contribution in [1.82, 2.24) is 4.57 Å². The monoisotopic (exact) mass is 312 g/mol. The second-order valence-electron chi connectivity index (χ2n) is 5.27. The first-order valence-electron chi connectivity index (χ1n) is 7.17. The molecule has 0 spiro atoms. The number of aryl methyl sites for hydroxylation is 1. The number of aromatic nitrogens is 1. The zero-order valence-electron chi connectivity index (χ0n) is 12.6. The van der Waals surface area contributed by atoms with E-state index in [9.17, 15) is 14.3 Å². The SMILES string of the molecule is Cn1c(=O)ccc2cc(COc3cccc(F)c3C[O])ccc21. The summed E-state index contributed by atoms with van der Waals surface area (Å²) < 4.78 is 20.7. The third-order valence-electron chi connectivity index (χ3n) is 3.80. The van der Waals surface area contributed by atoms with Crippen molar-refractivity contribution in [2.24, 2.45) is 7.05 Å². The minimum atomic E-state index is -0.665. The van der Waals surface area contributed by atoms with Gasteiger partial charge in [-0.3, -0.25) is 4.79 Å². The van der Waals surface area contributed by atoms with Crippen molar-refractivity contribution < 1.29 is 14.2 Å². The van der Waals surface area contributed by atoms with Gasteiger partial charge in [-0.05, 0) is 41.3 Å². The zero-order valence-corrected chi connectivity index (χ0v) is 12.6. The molecule has 0 fully saturated rings. The Morgan fingerprint density at radius 3 is 2.74 bits per heavy atom. The average molecular weight is 312 g/mol. The first kappa shape index (κ1) is 15.2. The van der Waals surface area contributed by atoms with E-state index in [0.29, 0.717) is 0 Å². The molecular formula is C18H15FNO3. The van der Waals surface area contributed by atoms with Crippen LogP contribution in [0.3, 0.4) is 0 Å². The molecule has 2 aromatic carbocycles. The second-order valence-corrected chi connectivity index (χ2v) is 5.27. The summed E-state index contributed by atoms with van der Waals surface area (Å²) in [7, 11) is 1.72. The van der Waals surface area contributed by atoms with Crippen molar-refractivity contribution in [3.63, 3.8) is 0 Å². The fourth-order valence-electron chi connectivity index (χ4n) is 2.50. The van der Waals surface area contributed by atoms with E-state index in [1.807, 2.05) is 18.2 Å². The predicted molar refractivity (Wildman–Crippen MR) is 84.3 cm³/mol. The lowest BCUT2D eigenvalue weighted by Gasteiger charge is -2.11. The van der Waals surface area contributed by atoms with Crippen molar-refractivity contribution in [3.8, 4) is 5.75 Å². The first-order chi connectivity index (χ1) is 11.1. The van der Waals surface area contributed by atoms with Gasteiger partial charge in [-0.1, -0.05) is 12.1 Å². The predicted octanol–water partition coefficient (Wildman–Crippen LogP) is 3.19. The van der Waals surface area contributed by atoms with Gasteiger partial charge >= 0.3 is 0 Å². The number of fused-ring (bicyclic) bond motifs is 1. The summed E-state index contributed by atoms with van der Waals surface area (Å²) >= 11 is 0. The van der Waals surface area contributed by atoms with Crippen LogP contribution in [0.25, 0.3) is 10.9 Å². The van der Waals surface area contributed by atoms with Gasteiger partial charge < -0.3 is 9.30 Å². The molecule has 0 saturated heterocycles. The summed E-state index contributed by atoms with van der Waals surface area (Å²) in [5.41, 5.74) is 1.67. The molecule has 1 heterocycles. The third-order valence-corrected chi connectivity index (χ3v) is 3.80. The van der Waals surface area contributed by atoms with E-state index >= 15 is 0 Å². The minimum Gasteiger partial charge on any atom is -0.488 e. The lowest BCUT2D eigenvalue weighted by Crippen LogP contribution is -2.15. The molecule has 0 aliphatic heterocycles. The summed E-state index contributed by atoms with van der Waals surface area (Å²) in [6.45, 7) is -0.447. The summed E-state index contributed by atoms with van der Waals surface area (Å²) in [5, 5.41) is 12.0. The summed E-state index contributed by atoms with van der Waals surface area (Å²) in [6, 6.07) is 13.2. The molecule has 23 heavy (non-hydrogen) atoms.